The molecule has 1 atom stereocenters. The largest absolute Gasteiger partial charge is 0.388 e. The number of amides is 1. The van der Waals surface area contributed by atoms with Crippen LogP contribution in [0.5, 0.6) is 0 Å². The lowest BCUT2D eigenvalue weighted by Crippen LogP contribution is -2.15. The summed E-state index contributed by atoms with van der Waals surface area (Å²) >= 11 is 0. The summed E-state index contributed by atoms with van der Waals surface area (Å²) in [5, 5.41) is 12.4. The fourth-order valence-corrected chi connectivity index (χ4v) is 1.75. The zero-order valence-electron chi connectivity index (χ0n) is 10.5. The van der Waals surface area contributed by atoms with Gasteiger partial charge in [0.05, 0.1) is 12.5 Å². The van der Waals surface area contributed by atoms with Crippen LogP contribution in [0.4, 0.5) is 14.5 Å². The number of aliphatic hydroxyl groups is 1. The van der Waals surface area contributed by atoms with Crippen molar-refractivity contribution in [1.29, 1.82) is 0 Å². The predicted octanol–water partition coefficient (Wildman–Crippen LogP) is 3.03. The number of halogens is 2. The summed E-state index contributed by atoms with van der Waals surface area (Å²) in [6.45, 7) is 0. The highest BCUT2D eigenvalue weighted by Crippen LogP contribution is 2.18. The third kappa shape index (κ3) is 3.86. The topological polar surface area (TPSA) is 49.3 Å². The molecule has 2 aromatic carbocycles. The zero-order valence-corrected chi connectivity index (χ0v) is 10.5. The lowest BCUT2D eigenvalue weighted by atomic mass is 10.1. The number of benzene rings is 2. The summed E-state index contributed by atoms with van der Waals surface area (Å²) in [5.74, 6) is -1.31. The number of rotatable bonds is 4. The number of aliphatic hydroxyl groups excluding tert-OH is 1. The highest BCUT2D eigenvalue weighted by atomic mass is 19.1. The molecular weight excluding hydrogens is 264 g/mol. The molecule has 0 aliphatic rings. The molecule has 0 aliphatic carbocycles. The van der Waals surface area contributed by atoms with Crippen LogP contribution < -0.4 is 5.32 Å². The molecule has 20 heavy (non-hydrogen) atoms. The Bertz CT molecular complexity index is 599. The maximum Gasteiger partial charge on any atom is 0.227 e. The van der Waals surface area contributed by atoms with Crippen molar-refractivity contribution in [2.45, 2.75) is 12.5 Å². The van der Waals surface area contributed by atoms with E-state index >= 15 is 0 Å². The van der Waals surface area contributed by atoms with Crippen LogP contribution >= 0.6 is 0 Å². The van der Waals surface area contributed by atoms with Gasteiger partial charge in [-0.15, -0.1) is 0 Å². The van der Waals surface area contributed by atoms with Gasteiger partial charge in [0.2, 0.25) is 5.91 Å². The molecule has 104 valence electrons. The Morgan fingerprint density at radius 2 is 1.80 bits per heavy atom. The van der Waals surface area contributed by atoms with E-state index in [9.17, 15) is 18.7 Å². The summed E-state index contributed by atoms with van der Waals surface area (Å²) < 4.78 is 25.7. The Kier molecular flexibility index (Phi) is 4.42. The molecule has 2 aromatic rings. The van der Waals surface area contributed by atoms with Crippen molar-refractivity contribution in [3.05, 3.63) is 65.7 Å². The zero-order chi connectivity index (χ0) is 14.5. The van der Waals surface area contributed by atoms with Crippen LogP contribution in [0.2, 0.25) is 0 Å². The second-order valence-electron chi connectivity index (χ2n) is 4.33. The first-order chi connectivity index (χ1) is 9.54. The molecule has 3 nitrogen and oxygen atoms in total. The number of carbonyl (C=O) groups is 1. The fraction of sp³-hybridized carbons (Fsp3) is 0.133. The first-order valence-electron chi connectivity index (χ1n) is 6.03. The highest BCUT2D eigenvalue weighted by molar-refractivity contribution is 5.91. The van der Waals surface area contributed by atoms with Crippen molar-refractivity contribution in [3.8, 4) is 0 Å². The number of anilines is 1. The molecule has 0 aliphatic heterocycles. The maximum atomic E-state index is 13.0. The SMILES string of the molecule is O=C(CC(O)c1cccc(F)c1)Nc1ccc(F)cc1. The molecule has 1 amide bonds. The molecule has 0 bridgehead atoms. The monoisotopic (exact) mass is 277 g/mol. The molecule has 0 radical (unpaired) electrons. The van der Waals surface area contributed by atoms with E-state index < -0.39 is 23.6 Å². The van der Waals surface area contributed by atoms with Gasteiger partial charge in [-0.25, -0.2) is 8.78 Å². The van der Waals surface area contributed by atoms with Gasteiger partial charge in [0.25, 0.3) is 0 Å². The predicted molar refractivity (Wildman–Crippen MR) is 71.0 cm³/mol. The maximum absolute atomic E-state index is 13.0. The Labute approximate surface area is 114 Å². The van der Waals surface area contributed by atoms with Gasteiger partial charge in [-0.05, 0) is 42.0 Å². The van der Waals surface area contributed by atoms with Gasteiger partial charge >= 0.3 is 0 Å². The quantitative estimate of drug-likeness (QED) is 0.902. The average molecular weight is 277 g/mol. The summed E-state index contributed by atoms with van der Waals surface area (Å²) in [4.78, 5) is 11.7. The van der Waals surface area contributed by atoms with Crippen LogP contribution in [-0.4, -0.2) is 11.0 Å². The lowest BCUT2D eigenvalue weighted by molar-refractivity contribution is -0.118. The number of hydrogen-bond donors (Lipinski definition) is 2. The van der Waals surface area contributed by atoms with E-state index in [2.05, 4.69) is 5.32 Å². The minimum Gasteiger partial charge on any atom is -0.388 e. The van der Waals surface area contributed by atoms with Gasteiger partial charge in [-0.1, -0.05) is 12.1 Å². The summed E-state index contributed by atoms with van der Waals surface area (Å²) in [5.41, 5.74) is 0.766. The standard InChI is InChI=1S/C15H13F2NO2/c16-11-4-6-13(7-5-11)18-15(20)9-14(19)10-2-1-3-12(17)8-10/h1-8,14,19H,9H2,(H,18,20). The molecular formula is C15H13F2NO2. The van der Waals surface area contributed by atoms with E-state index in [4.69, 9.17) is 0 Å². The van der Waals surface area contributed by atoms with Crippen molar-refractivity contribution in [2.24, 2.45) is 0 Å². The van der Waals surface area contributed by atoms with Gasteiger partial charge in [0.15, 0.2) is 0 Å². The Hall–Kier alpha value is -2.27. The van der Waals surface area contributed by atoms with Gasteiger partial charge < -0.3 is 10.4 Å². The number of hydrogen-bond acceptors (Lipinski definition) is 2. The third-order valence-corrected chi connectivity index (χ3v) is 2.74. The van der Waals surface area contributed by atoms with Crippen LogP contribution in [0.15, 0.2) is 48.5 Å². The Morgan fingerprint density at radius 1 is 1.10 bits per heavy atom. The molecule has 2 N–H and O–H groups in total. The minimum absolute atomic E-state index is 0.208. The molecule has 0 saturated carbocycles. The van der Waals surface area contributed by atoms with E-state index in [0.29, 0.717) is 11.3 Å². The van der Waals surface area contributed by atoms with Gasteiger partial charge in [0, 0.05) is 5.69 Å². The van der Waals surface area contributed by atoms with Crippen LogP contribution in [-0.2, 0) is 4.79 Å². The van der Waals surface area contributed by atoms with E-state index in [1.54, 1.807) is 6.07 Å². The smallest absolute Gasteiger partial charge is 0.227 e. The van der Waals surface area contributed by atoms with Crippen LogP contribution in [0.3, 0.4) is 0 Å². The van der Waals surface area contributed by atoms with E-state index in [1.165, 1.54) is 42.5 Å². The summed E-state index contributed by atoms with van der Waals surface area (Å²) in [6, 6.07) is 10.7. The van der Waals surface area contributed by atoms with E-state index in [-0.39, 0.29) is 6.42 Å². The molecule has 0 saturated heterocycles. The molecule has 1 unspecified atom stereocenters. The van der Waals surface area contributed by atoms with Crippen LogP contribution in [0.1, 0.15) is 18.1 Å². The van der Waals surface area contributed by atoms with Crippen molar-refractivity contribution >= 4 is 11.6 Å². The third-order valence-electron chi connectivity index (χ3n) is 2.74. The molecule has 5 heteroatoms. The molecule has 0 aromatic heterocycles. The molecule has 0 heterocycles. The number of carbonyl (C=O) groups excluding carboxylic acids is 1. The van der Waals surface area contributed by atoms with Crippen molar-refractivity contribution in [2.75, 3.05) is 5.32 Å². The van der Waals surface area contributed by atoms with E-state index in [0.717, 1.165) is 0 Å². The van der Waals surface area contributed by atoms with Gasteiger partial charge in [-0.3, -0.25) is 4.79 Å². The second-order valence-corrected chi connectivity index (χ2v) is 4.33. The molecule has 2 rings (SSSR count). The normalized spacial score (nSPS) is 11.9. The van der Waals surface area contributed by atoms with Crippen molar-refractivity contribution < 1.29 is 18.7 Å². The minimum atomic E-state index is -1.09. The van der Waals surface area contributed by atoms with Gasteiger partial charge in [-0.2, -0.15) is 0 Å². The lowest BCUT2D eigenvalue weighted by Gasteiger charge is -2.11. The molecule has 0 fully saturated rings. The average Bonchev–Trinajstić information content (AvgIpc) is 2.41. The number of nitrogens with one attached hydrogen (secondary N) is 1. The summed E-state index contributed by atoms with van der Waals surface area (Å²) in [6.07, 6.45) is -1.30. The van der Waals surface area contributed by atoms with Crippen molar-refractivity contribution in [3.63, 3.8) is 0 Å². The Balaban J connectivity index is 1.95. The van der Waals surface area contributed by atoms with Crippen molar-refractivity contribution in [1.82, 2.24) is 0 Å². The first kappa shape index (κ1) is 14.1. The van der Waals surface area contributed by atoms with E-state index in [1.807, 2.05) is 0 Å². The summed E-state index contributed by atoms with van der Waals surface area (Å²) in [7, 11) is 0. The Morgan fingerprint density at radius 3 is 2.45 bits per heavy atom. The van der Waals surface area contributed by atoms with Crippen LogP contribution in [0, 0.1) is 11.6 Å². The first-order valence-corrected chi connectivity index (χ1v) is 6.03. The highest BCUT2D eigenvalue weighted by Gasteiger charge is 2.13. The molecule has 0 spiro atoms. The second kappa shape index (κ2) is 6.25. The van der Waals surface area contributed by atoms with Gasteiger partial charge in [0.1, 0.15) is 11.6 Å². The fourth-order valence-electron chi connectivity index (χ4n) is 1.75. The van der Waals surface area contributed by atoms with Crippen LogP contribution in [0.25, 0.3) is 0 Å².